The van der Waals surface area contributed by atoms with Crippen molar-refractivity contribution in [3.05, 3.63) is 0 Å². The number of amides is 2. The summed E-state index contributed by atoms with van der Waals surface area (Å²) in [4.78, 5) is 13.8. The third-order valence-electron chi connectivity index (χ3n) is 3.87. The zero-order valence-electron chi connectivity index (χ0n) is 11.4. The molecule has 0 aromatic rings. The molecule has 5 heteroatoms. The van der Waals surface area contributed by atoms with Gasteiger partial charge in [0, 0.05) is 31.8 Å². The van der Waals surface area contributed by atoms with E-state index >= 15 is 0 Å². The molecule has 2 rings (SSSR count). The van der Waals surface area contributed by atoms with E-state index in [1.54, 1.807) is 0 Å². The Morgan fingerprint density at radius 2 is 2.11 bits per heavy atom. The van der Waals surface area contributed by atoms with Crippen LogP contribution >= 0.6 is 0 Å². The van der Waals surface area contributed by atoms with Gasteiger partial charge in [0.2, 0.25) is 0 Å². The fourth-order valence-corrected chi connectivity index (χ4v) is 2.62. The molecule has 0 bridgehead atoms. The highest BCUT2D eigenvalue weighted by atomic mass is 16.5. The number of hydrogen-bond acceptors (Lipinski definition) is 3. The molecule has 0 saturated carbocycles. The fourth-order valence-electron chi connectivity index (χ4n) is 2.62. The molecule has 3 N–H and O–H groups in total. The number of nitrogens with two attached hydrogens (primary N) is 1. The van der Waals surface area contributed by atoms with E-state index in [1.807, 2.05) is 18.7 Å². The van der Waals surface area contributed by atoms with Crippen molar-refractivity contribution in [1.82, 2.24) is 10.2 Å². The minimum Gasteiger partial charge on any atom is -0.381 e. The Morgan fingerprint density at radius 1 is 1.44 bits per heavy atom. The number of carbonyl (C=O) groups excluding carboxylic acids is 1. The first-order valence-corrected chi connectivity index (χ1v) is 6.88. The van der Waals surface area contributed by atoms with E-state index in [1.165, 1.54) is 0 Å². The van der Waals surface area contributed by atoms with Gasteiger partial charge in [0.1, 0.15) is 0 Å². The van der Waals surface area contributed by atoms with E-state index in [9.17, 15) is 4.79 Å². The zero-order chi connectivity index (χ0) is 13.2. The van der Waals surface area contributed by atoms with Crippen molar-refractivity contribution in [2.45, 2.75) is 44.7 Å². The number of carbonyl (C=O) groups is 1. The van der Waals surface area contributed by atoms with Gasteiger partial charge in [-0.3, -0.25) is 0 Å². The number of nitrogens with zero attached hydrogens (tertiary/aromatic N) is 1. The standard InChI is InChI=1S/C13H25N3O2/c1-13(2,14)5-6-16-9-11(15-12(16)17)10-3-7-18-8-4-10/h10-11H,3-9,14H2,1-2H3,(H,15,17). The first kappa shape index (κ1) is 13.6. The van der Waals surface area contributed by atoms with Crippen LogP contribution in [-0.2, 0) is 4.74 Å². The van der Waals surface area contributed by atoms with Crippen LogP contribution in [0.1, 0.15) is 33.1 Å². The van der Waals surface area contributed by atoms with E-state index < -0.39 is 0 Å². The van der Waals surface area contributed by atoms with Gasteiger partial charge in [-0.05, 0) is 39.0 Å². The average Bonchev–Trinajstić information content (AvgIpc) is 2.68. The molecule has 104 valence electrons. The van der Waals surface area contributed by atoms with Crippen LogP contribution in [-0.4, -0.2) is 48.8 Å². The molecule has 1 unspecified atom stereocenters. The van der Waals surface area contributed by atoms with Gasteiger partial charge in [0.15, 0.2) is 0 Å². The largest absolute Gasteiger partial charge is 0.381 e. The maximum absolute atomic E-state index is 11.9. The Hall–Kier alpha value is -0.810. The third kappa shape index (κ3) is 3.59. The van der Waals surface area contributed by atoms with Gasteiger partial charge in [0.05, 0.1) is 6.04 Å². The lowest BCUT2D eigenvalue weighted by atomic mass is 9.92. The van der Waals surface area contributed by atoms with Crippen LogP contribution in [0.2, 0.25) is 0 Å². The smallest absolute Gasteiger partial charge is 0.317 e. The zero-order valence-corrected chi connectivity index (χ0v) is 11.4. The molecule has 2 aliphatic heterocycles. The lowest BCUT2D eigenvalue weighted by Crippen LogP contribution is -2.38. The lowest BCUT2D eigenvalue weighted by molar-refractivity contribution is 0.0566. The fraction of sp³-hybridized carbons (Fsp3) is 0.923. The summed E-state index contributed by atoms with van der Waals surface area (Å²) in [6.07, 6.45) is 2.95. The van der Waals surface area contributed by atoms with Crippen LogP contribution in [0, 0.1) is 5.92 Å². The van der Waals surface area contributed by atoms with Crippen molar-refractivity contribution in [3.63, 3.8) is 0 Å². The normalized spacial score (nSPS) is 26.5. The maximum Gasteiger partial charge on any atom is 0.317 e. The van der Waals surface area contributed by atoms with Gasteiger partial charge in [-0.25, -0.2) is 4.79 Å². The first-order chi connectivity index (χ1) is 8.46. The van der Waals surface area contributed by atoms with Crippen molar-refractivity contribution in [2.24, 2.45) is 11.7 Å². The molecule has 0 spiro atoms. The van der Waals surface area contributed by atoms with Crippen molar-refractivity contribution in [1.29, 1.82) is 0 Å². The minimum atomic E-state index is -0.211. The Bertz CT molecular complexity index is 295. The molecule has 2 aliphatic rings. The quantitative estimate of drug-likeness (QED) is 0.785. The van der Waals surface area contributed by atoms with E-state index in [0.29, 0.717) is 12.0 Å². The number of hydrogen-bond donors (Lipinski definition) is 2. The molecule has 0 aromatic carbocycles. The van der Waals surface area contributed by atoms with Crippen LogP contribution in [0.4, 0.5) is 4.79 Å². The molecule has 0 radical (unpaired) electrons. The molecule has 5 nitrogen and oxygen atoms in total. The molecule has 0 aromatic heterocycles. The van der Waals surface area contributed by atoms with E-state index in [4.69, 9.17) is 10.5 Å². The highest BCUT2D eigenvalue weighted by Crippen LogP contribution is 2.23. The number of nitrogens with one attached hydrogen (secondary N) is 1. The molecule has 1 atom stereocenters. The Kier molecular flexibility index (Phi) is 4.12. The SMILES string of the molecule is CC(C)(N)CCN1CC(C2CCOCC2)NC1=O. The third-order valence-corrected chi connectivity index (χ3v) is 3.87. The molecule has 0 aliphatic carbocycles. The second-order valence-electron chi connectivity index (χ2n) is 6.19. The Morgan fingerprint density at radius 3 is 2.72 bits per heavy atom. The summed E-state index contributed by atoms with van der Waals surface area (Å²) in [5, 5.41) is 3.10. The molecular weight excluding hydrogens is 230 g/mol. The van der Waals surface area contributed by atoms with Crippen LogP contribution in [0.5, 0.6) is 0 Å². The van der Waals surface area contributed by atoms with Gasteiger partial charge in [-0.1, -0.05) is 0 Å². The summed E-state index contributed by atoms with van der Waals surface area (Å²) in [6, 6.07) is 0.359. The van der Waals surface area contributed by atoms with Gasteiger partial charge in [0.25, 0.3) is 0 Å². The first-order valence-electron chi connectivity index (χ1n) is 6.88. The average molecular weight is 255 g/mol. The van der Waals surface area contributed by atoms with Crippen molar-refractivity contribution in [2.75, 3.05) is 26.3 Å². The molecular formula is C13H25N3O2. The summed E-state index contributed by atoms with van der Waals surface area (Å²) >= 11 is 0. The van der Waals surface area contributed by atoms with E-state index in [-0.39, 0.29) is 11.6 Å². The number of ether oxygens (including phenoxy) is 1. The number of rotatable bonds is 4. The second kappa shape index (κ2) is 5.45. The highest BCUT2D eigenvalue weighted by Gasteiger charge is 2.34. The molecule has 2 fully saturated rings. The highest BCUT2D eigenvalue weighted by molar-refractivity contribution is 5.76. The van der Waals surface area contributed by atoms with Crippen molar-refractivity contribution in [3.8, 4) is 0 Å². The van der Waals surface area contributed by atoms with Crippen LogP contribution in [0.25, 0.3) is 0 Å². The molecule has 2 saturated heterocycles. The summed E-state index contributed by atoms with van der Waals surface area (Å²) in [5.41, 5.74) is 5.75. The molecule has 2 heterocycles. The Labute approximate surface area is 109 Å². The number of urea groups is 1. The van der Waals surface area contributed by atoms with Gasteiger partial charge in [-0.15, -0.1) is 0 Å². The predicted octanol–water partition coefficient (Wildman–Crippen LogP) is 0.934. The summed E-state index contributed by atoms with van der Waals surface area (Å²) in [6.45, 7) is 7.21. The second-order valence-corrected chi connectivity index (χ2v) is 6.19. The lowest BCUT2D eigenvalue weighted by Gasteiger charge is -2.27. The van der Waals surface area contributed by atoms with Crippen LogP contribution in [0.15, 0.2) is 0 Å². The Balaban J connectivity index is 1.82. The maximum atomic E-state index is 11.9. The van der Waals surface area contributed by atoms with Gasteiger partial charge < -0.3 is 20.7 Å². The predicted molar refractivity (Wildman–Crippen MR) is 70.3 cm³/mol. The minimum absolute atomic E-state index is 0.0655. The topological polar surface area (TPSA) is 67.6 Å². The van der Waals surface area contributed by atoms with Crippen molar-refractivity contribution < 1.29 is 9.53 Å². The van der Waals surface area contributed by atoms with Gasteiger partial charge >= 0.3 is 6.03 Å². The van der Waals surface area contributed by atoms with E-state index in [0.717, 1.165) is 45.6 Å². The van der Waals surface area contributed by atoms with Crippen LogP contribution < -0.4 is 11.1 Å². The summed E-state index contributed by atoms with van der Waals surface area (Å²) in [7, 11) is 0. The molecule has 18 heavy (non-hydrogen) atoms. The van der Waals surface area contributed by atoms with E-state index in [2.05, 4.69) is 5.32 Å². The van der Waals surface area contributed by atoms with Gasteiger partial charge in [-0.2, -0.15) is 0 Å². The molecule has 2 amide bonds. The summed E-state index contributed by atoms with van der Waals surface area (Å²) < 4.78 is 5.36. The summed E-state index contributed by atoms with van der Waals surface area (Å²) in [5.74, 6) is 0.568. The monoisotopic (exact) mass is 255 g/mol. The van der Waals surface area contributed by atoms with Crippen LogP contribution in [0.3, 0.4) is 0 Å². The van der Waals surface area contributed by atoms with Crippen molar-refractivity contribution >= 4 is 6.03 Å².